The van der Waals surface area contributed by atoms with E-state index < -0.39 is 0 Å². The number of nitrogens with zero attached hydrogens (tertiary/aromatic N) is 2. The van der Waals surface area contributed by atoms with Crippen molar-refractivity contribution < 1.29 is 0 Å². The molecule has 1 unspecified atom stereocenters. The van der Waals surface area contributed by atoms with Gasteiger partial charge < -0.3 is 11.1 Å². The third-order valence-corrected chi connectivity index (χ3v) is 5.92. The molecule has 0 saturated heterocycles. The molecule has 2 aromatic carbocycles. The predicted octanol–water partition coefficient (Wildman–Crippen LogP) is 5.00. The Morgan fingerprint density at radius 2 is 1.81 bits per heavy atom. The van der Waals surface area contributed by atoms with Gasteiger partial charge in [0.15, 0.2) is 0 Å². The van der Waals surface area contributed by atoms with Crippen molar-refractivity contribution in [3.8, 4) is 11.3 Å². The number of halogens is 2. The van der Waals surface area contributed by atoms with Crippen molar-refractivity contribution in [3.63, 3.8) is 0 Å². The average molecular weight is 399 g/mol. The maximum Gasteiger partial charge on any atom is 0.146 e. The summed E-state index contributed by atoms with van der Waals surface area (Å²) < 4.78 is 0. The Balaban J connectivity index is 1.81. The summed E-state index contributed by atoms with van der Waals surface area (Å²) in [5.41, 5.74) is 11.0. The molecule has 1 atom stereocenters. The second-order valence-electron chi connectivity index (χ2n) is 7.38. The number of benzene rings is 2. The van der Waals surface area contributed by atoms with Crippen LogP contribution >= 0.6 is 23.2 Å². The van der Waals surface area contributed by atoms with Crippen molar-refractivity contribution in [2.24, 2.45) is 0 Å². The summed E-state index contributed by atoms with van der Waals surface area (Å²) in [5.74, 6) is 0.618. The Bertz CT molecular complexity index is 1000. The van der Waals surface area contributed by atoms with Gasteiger partial charge in [-0.05, 0) is 60.9 Å². The minimum absolute atomic E-state index is 0.153. The Labute approximate surface area is 168 Å². The number of fused-ring (bicyclic) bond motifs is 1. The molecule has 1 aliphatic heterocycles. The van der Waals surface area contributed by atoms with E-state index >= 15 is 0 Å². The zero-order valence-corrected chi connectivity index (χ0v) is 16.6. The lowest BCUT2D eigenvalue weighted by Crippen LogP contribution is -2.44. The van der Waals surface area contributed by atoms with Crippen LogP contribution in [0.5, 0.6) is 0 Å². The predicted molar refractivity (Wildman–Crippen MR) is 111 cm³/mol. The fourth-order valence-electron chi connectivity index (χ4n) is 3.65. The second-order valence-corrected chi connectivity index (χ2v) is 8.19. The number of aromatic nitrogens is 2. The summed E-state index contributed by atoms with van der Waals surface area (Å²) in [6.45, 7) is 5.21. The van der Waals surface area contributed by atoms with Crippen LogP contribution in [0, 0.1) is 0 Å². The molecule has 3 N–H and O–H groups in total. The molecule has 4 rings (SSSR count). The maximum atomic E-state index is 6.26. The summed E-state index contributed by atoms with van der Waals surface area (Å²) in [6, 6.07) is 16.0. The van der Waals surface area contributed by atoms with Crippen LogP contribution in [0.4, 0.5) is 5.82 Å². The molecule has 0 bridgehead atoms. The molecular formula is C21H20Cl2N4. The van der Waals surface area contributed by atoms with E-state index in [9.17, 15) is 0 Å². The Morgan fingerprint density at radius 3 is 2.52 bits per heavy atom. The molecule has 0 saturated carbocycles. The third kappa shape index (κ3) is 3.41. The maximum absolute atomic E-state index is 6.26. The molecule has 1 aromatic heterocycles. The zero-order chi connectivity index (χ0) is 19.2. The van der Waals surface area contributed by atoms with Crippen molar-refractivity contribution in [2.45, 2.75) is 25.3 Å². The highest BCUT2D eigenvalue weighted by molar-refractivity contribution is 6.42. The number of hydrogen-bond donors (Lipinski definition) is 2. The molecule has 4 nitrogen and oxygen atoms in total. The SMILES string of the molecule is CC1(C)NCC(c2ccc(Cl)c(Cl)c2)c2ccc(-c3ccc(N)nn3)cc21. The summed E-state index contributed by atoms with van der Waals surface area (Å²) in [7, 11) is 0. The van der Waals surface area contributed by atoms with Crippen molar-refractivity contribution in [3.05, 3.63) is 75.3 Å². The molecule has 2 heterocycles. The standard InChI is InChI=1S/C21H20Cl2N4/c1-21(2)16-9-13(19-7-8-20(24)27-26-19)3-5-14(16)15(11-25-21)12-4-6-17(22)18(23)10-12/h3-10,15,25H,11H2,1-2H3,(H2,24,27). The fourth-order valence-corrected chi connectivity index (χ4v) is 3.95. The van der Waals surface area contributed by atoms with Crippen LogP contribution in [0.2, 0.25) is 10.0 Å². The quantitative estimate of drug-likeness (QED) is 0.636. The minimum atomic E-state index is -0.153. The summed E-state index contributed by atoms with van der Waals surface area (Å²) in [5, 5.41) is 13.0. The summed E-state index contributed by atoms with van der Waals surface area (Å²) in [4.78, 5) is 0. The number of nitrogens with two attached hydrogens (primary N) is 1. The largest absolute Gasteiger partial charge is 0.382 e. The average Bonchev–Trinajstić information content (AvgIpc) is 2.65. The fraction of sp³-hybridized carbons (Fsp3) is 0.238. The monoisotopic (exact) mass is 398 g/mol. The number of hydrogen-bond acceptors (Lipinski definition) is 4. The van der Waals surface area contributed by atoms with Gasteiger partial charge in [0.2, 0.25) is 0 Å². The number of anilines is 1. The highest BCUT2D eigenvalue weighted by Gasteiger charge is 2.33. The molecule has 0 radical (unpaired) electrons. The van der Waals surface area contributed by atoms with Gasteiger partial charge >= 0.3 is 0 Å². The van der Waals surface area contributed by atoms with Gasteiger partial charge in [-0.1, -0.05) is 41.4 Å². The Hall–Kier alpha value is -2.14. The highest BCUT2D eigenvalue weighted by atomic mass is 35.5. The van der Waals surface area contributed by atoms with Crippen LogP contribution in [0.1, 0.15) is 36.5 Å². The first-order chi connectivity index (χ1) is 12.8. The van der Waals surface area contributed by atoms with E-state index in [0.29, 0.717) is 15.9 Å². The van der Waals surface area contributed by atoms with Gasteiger partial charge in [-0.2, -0.15) is 0 Å². The number of rotatable bonds is 2. The molecule has 27 heavy (non-hydrogen) atoms. The van der Waals surface area contributed by atoms with E-state index in [2.05, 4.69) is 47.6 Å². The smallest absolute Gasteiger partial charge is 0.146 e. The van der Waals surface area contributed by atoms with Gasteiger partial charge in [0, 0.05) is 23.6 Å². The van der Waals surface area contributed by atoms with E-state index in [1.54, 1.807) is 6.07 Å². The van der Waals surface area contributed by atoms with Crippen LogP contribution in [-0.4, -0.2) is 16.7 Å². The summed E-state index contributed by atoms with van der Waals surface area (Å²) in [6.07, 6.45) is 0. The van der Waals surface area contributed by atoms with Crippen LogP contribution < -0.4 is 11.1 Å². The normalized spacial score (nSPS) is 18.1. The lowest BCUT2D eigenvalue weighted by molar-refractivity contribution is 0.367. The molecule has 1 aliphatic rings. The number of nitrogen functional groups attached to an aromatic ring is 1. The van der Waals surface area contributed by atoms with E-state index in [-0.39, 0.29) is 11.5 Å². The van der Waals surface area contributed by atoms with Gasteiger partial charge in [-0.3, -0.25) is 0 Å². The first-order valence-electron chi connectivity index (χ1n) is 8.79. The van der Waals surface area contributed by atoms with Gasteiger partial charge in [0.05, 0.1) is 15.7 Å². The third-order valence-electron chi connectivity index (χ3n) is 5.18. The zero-order valence-electron chi connectivity index (χ0n) is 15.1. The minimum Gasteiger partial charge on any atom is -0.382 e. The van der Waals surface area contributed by atoms with Gasteiger partial charge in [0.1, 0.15) is 5.82 Å². The van der Waals surface area contributed by atoms with E-state index in [0.717, 1.165) is 23.4 Å². The van der Waals surface area contributed by atoms with Crippen LogP contribution in [0.15, 0.2) is 48.5 Å². The molecule has 3 aromatic rings. The van der Waals surface area contributed by atoms with Crippen molar-refractivity contribution >= 4 is 29.0 Å². The van der Waals surface area contributed by atoms with Gasteiger partial charge in [-0.15, -0.1) is 10.2 Å². The molecule has 0 amide bonds. The van der Waals surface area contributed by atoms with E-state index in [1.807, 2.05) is 24.3 Å². The van der Waals surface area contributed by atoms with Crippen molar-refractivity contribution in [1.82, 2.24) is 15.5 Å². The van der Waals surface area contributed by atoms with Crippen LogP contribution in [0.3, 0.4) is 0 Å². The Morgan fingerprint density at radius 1 is 1.00 bits per heavy atom. The second kappa shape index (κ2) is 6.79. The van der Waals surface area contributed by atoms with E-state index in [1.165, 1.54) is 11.1 Å². The lowest BCUT2D eigenvalue weighted by atomic mass is 9.77. The molecule has 6 heteroatoms. The molecule has 0 aliphatic carbocycles. The first kappa shape index (κ1) is 18.2. The topological polar surface area (TPSA) is 63.8 Å². The van der Waals surface area contributed by atoms with Gasteiger partial charge in [0.25, 0.3) is 0 Å². The van der Waals surface area contributed by atoms with Crippen molar-refractivity contribution in [2.75, 3.05) is 12.3 Å². The van der Waals surface area contributed by atoms with Gasteiger partial charge in [-0.25, -0.2) is 0 Å². The Kier molecular flexibility index (Phi) is 4.58. The highest BCUT2D eigenvalue weighted by Crippen LogP contribution is 2.40. The molecule has 0 spiro atoms. The number of nitrogens with one attached hydrogen (secondary N) is 1. The molecule has 0 fully saturated rings. The van der Waals surface area contributed by atoms with Crippen LogP contribution in [-0.2, 0) is 5.54 Å². The van der Waals surface area contributed by atoms with E-state index in [4.69, 9.17) is 28.9 Å². The summed E-state index contributed by atoms with van der Waals surface area (Å²) >= 11 is 12.4. The lowest BCUT2D eigenvalue weighted by Gasteiger charge is -2.39. The molecule has 138 valence electrons. The molecular weight excluding hydrogens is 379 g/mol. The first-order valence-corrected chi connectivity index (χ1v) is 9.55. The van der Waals surface area contributed by atoms with Crippen LogP contribution in [0.25, 0.3) is 11.3 Å². The van der Waals surface area contributed by atoms with Crippen molar-refractivity contribution in [1.29, 1.82) is 0 Å².